The van der Waals surface area contributed by atoms with Crippen molar-refractivity contribution in [2.24, 2.45) is 0 Å². The first-order valence-electron chi connectivity index (χ1n) is 11.0. The Kier molecular flexibility index (Phi) is 5.79. The summed E-state index contributed by atoms with van der Waals surface area (Å²) in [5.74, 6) is 0.0183. The number of rotatable bonds is 3. The molecule has 0 bridgehead atoms. The third-order valence-corrected chi connectivity index (χ3v) is 6.41. The molecule has 0 saturated carbocycles. The van der Waals surface area contributed by atoms with E-state index >= 15 is 4.39 Å². The second-order valence-corrected chi connectivity index (χ2v) is 8.57. The number of halogens is 2. The molecular formula is C26H22ClFN4O2. The summed E-state index contributed by atoms with van der Waals surface area (Å²) in [5.41, 5.74) is 0.841. The van der Waals surface area contributed by atoms with Gasteiger partial charge in [-0.2, -0.15) is 0 Å². The number of nitrogens with zero attached hydrogens (tertiary/aromatic N) is 4. The number of phenols is 1. The van der Waals surface area contributed by atoms with Gasteiger partial charge in [0.25, 0.3) is 0 Å². The third-order valence-electron chi connectivity index (χ3n) is 6.12. The molecule has 2 heterocycles. The van der Waals surface area contributed by atoms with Crippen LogP contribution in [0.1, 0.15) is 6.92 Å². The fourth-order valence-corrected chi connectivity index (χ4v) is 4.80. The van der Waals surface area contributed by atoms with Gasteiger partial charge in [-0.3, -0.25) is 4.79 Å². The molecule has 1 fully saturated rings. The van der Waals surface area contributed by atoms with Crippen LogP contribution < -0.4 is 4.90 Å². The lowest BCUT2D eigenvalue weighted by atomic mass is 9.96. The largest absolute Gasteiger partial charge is 0.508 e. The van der Waals surface area contributed by atoms with Gasteiger partial charge in [0, 0.05) is 37.1 Å². The van der Waals surface area contributed by atoms with Crippen molar-refractivity contribution in [2.45, 2.75) is 6.92 Å². The summed E-state index contributed by atoms with van der Waals surface area (Å²) in [4.78, 5) is 24.6. The van der Waals surface area contributed by atoms with E-state index in [9.17, 15) is 9.90 Å². The summed E-state index contributed by atoms with van der Waals surface area (Å²) in [6, 6.07) is 12.3. The lowest BCUT2D eigenvalue weighted by molar-refractivity contribution is -0.126. The van der Waals surface area contributed by atoms with Crippen LogP contribution in [-0.2, 0) is 4.79 Å². The Morgan fingerprint density at radius 1 is 1.09 bits per heavy atom. The van der Waals surface area contributed by atoms with Crippen molar-refractivity contribution < 1.29 is 14.3 Å². The number of allylic oxidation sites excluding steroid dienone is 1. The molecule has 4 aromatic rings. The van der Waals surface area contributed by atoms with Crippen LogP contribution in [0.2, 0.25) is 5.02 Å². The summed E-state index contributed by atoms with van der Waals surface area (Å²) >= 11 is 6.65. The number of aromatic hydroxyl groups is 1. The van der Waals surface area contributed by atoms with Gasteiger partial charge in [0.2, 0.25) is 5.91 Å². The minimum Gasteiger partial charge on any atom is -0.508 e. The molecule has 0 aliphatic carbocycles. The maximum atomic E-state index is 15.9. The smallest absolute Gasteiger partial charge is 0.246 e. The maximum Gasteiger partial charge on any atom is 0.246 e. The highest BCUT2D eigenvalue weighted by molar-refractivity contribution is 6.35. The average Bonchev–Trinajstić information content (AvgIpc) is 2.84. The van der Waals surface area contributed by atoms with Crippen LogP contribution in [0, 0.1) is 5.82 Å². The molecule has 0 radical (unpaired) electrons. The highest BCUT2D eigenvalue weighted by atomic mass is 35.5. The molecular weight excluding hydrogens is 455 g/mol. The molecule has 3 aromatic carbocycles. The van der Waals surface area contributed by atoms with Crippen molar-refractivity contribution >= 4 is 45.0 Å². The second kappa shape index (κ2) is 8.91. The number of benzene rings is 3. The summed E-state index contributed by atoms with van der Waals surface area (Å²) in [6.45, 7) is 4.02. The SMILES string of the molecule is C/C=C/C(=O)N1CCN(c2ncnc3c(F)c(-c4cc(O)cc5ccccc45)c(Cl)cc23)CC1. The zero-order valence-corrected chi connectivity index (χ0v) is 19.3. The first kappa shape index (κ1) is 22.1. The summed E-state index contributed by atoms with van der Waals surface area (Å²) in [5, 5.41) is 12.5. The van der Waals surface area contributed by atoms with E-state index in [0.717, 1.165) is 10.8 Å². The van der Waals surface area contributed by atoms with Crippen LogP contribution in [0.15, 0.2) is 60.9 Å². The number of phenolic OH excluding ortho intramolecular Hbond substituents is 1. The molecule has 0 atom stereocenters. The quantitative estimate of drug-likeness (QED) is 0.413. The van der Waals surface area contributed by atoms with Gasteiger partial charge in [-0.1, -0.05) is 41.9 Å². The molecule has 1 N–H and O–H groups in total. The number of hydrogen-bond donors (Lipinski definition) is 1. The van der Waals surface area contributed by atoms with Gasteiger partial charge >= 0.3 is 0 Å². The molecule has 1 saturated heterocycles. The van der Waals surface area contributed by atoms with Gasteiger partial charge < -0.3 is 14.9 Å². The zero-order valence-electron chi connectivity index (χ0n) is 18.5. The van der Waals surface area contributed by atoms with Crippen molar-refractivity contribution in [2.75, 3.05) is 31.1 Å². The van der Waals surface area contributed by atoms with Crippen molar-refractivity contribution in [3.05, 3.63) is 71.8 Å². The highest BCUT2D eigenvalue weighted by Crippen LogP contribution is 2.41. The minimum absolute atomic E-state index is 0.0215. The summed E-state index contributed by atoms with van der Waals surface area (Å²) in [7, 11) is 0. The standard InChI is InChI=1S/C26H22ClFN4O2/c1-2-5-22(34)31-8-10-32(11-9-31)26-20-14-21(27)23(24(28)25(20)29-15-30-26)19-13-17(33)12-16-6-3-4-7-18(16)19/h2-7,12-15,33H,8-11H2,1H3/b5-2+. The van der Waals surface area contributed by atoms with Gasteiger partial charge in [-0.25, -0.2) is 14.4 Å². The predicted molar refractivity (Wildman–Crippen MR) is 133 cm³/mol. The Balaban J connectivity index is 1.58. The number of carbonyl (C=O) groups excluding carboxylic acids is 1. The van der Waals surface area contributed by atoms with Gasteiger partial charge in [-0.15, -0.1) is 0 Å². The van der Waals surface area contributed by atoms with Crippen molar-refractivity contribution in [1.29, 1.82) is 0 Å². The average molecular weight is 477 g/mol. The number of anilines is 1. The molecule has 6 nitrogen and oxygen atoms in total. The zero-order chi connectivity index (χ0) is 23.8. The van der Waals surface area contributed by atoms with E-state index < -0.39 is 5.82 Å². The Labute approximate surface area is 200 Å². The fourth-order valence-electron chi connectivity index (χ4n) is 4.50. The molecule has 1 aliphatic rings. The van der Waals surface area contributed by atoms with Crippen LogP contribution in [0.4, 0.5) is 10.2 Å². The van der Waals surface area contributed by atoms with Crippen LogP contribution in [0.3, 0.4) is 0 Å². The normalized spacial score (nSPS) is 14.4. The monoisotopic (exact) mass is 476 g/mol. The van der Waals surface area contributed by atoms with Gasteiger partial charge in [-0.05, 0) is 47.5 Å². The first-order chi connectivity index (χ1) is 16.5. The highest BCUT2D eigenvalue weighted by Gasteiger charge is 2.25. The van der Waals surface area contributed by atoms with Crippen molar-refractivity contribution in [3.8, 4) is 16.9 Å². The van der Waals surface area contributed by atoms with E-state index in [4.69, 9.17) is 11.6 Å². The molecule has 34 heavy (non-hydrogen) atoms. The Morgan fingerprint density at radius 2 is 1.85 bits per heavy atom. The van der Waals surface area contributed by atoms with E-state index in [2.05, 4.69) is 9.97 Å². The molecule has 1 aromatic heterocycles. The number of amides is 1. The van der Waals surface area contributed by atoms with E-state index in [-0.39, 0.29) is 27.8 Å². The number of carbonyl (C=O) groups is 1. The van der Waals surface area contributed by atoms with E-state index in [1.807, 2.05) is 36.1 Å². The number of aromatic nitrogens is 2. The first-order valence-corrected chi connectivity index (χ1v) is 11.4. The van der Waals surface area contributed by atoms with E-state index in [1.165, 1.54) is 12.4 Å². The lowest BCUT2D eigenvalue weighted by Crippen LogP contribution is -2.48. The second-order valence-electron chi connectivity index (χ2n) is 8.17. The van der Waals surface area contributed by atoms with Crippen LogP contribution >= 0.6 is 11.6 Å². The predicted octanol–water partition coefficient (Wildman–Crippen LogP) is 5.17. The molecule has 1 aliphatic heterocycles. The van der Waals surface area contributed by atoms with Crippen LogP contribution in [0.5, 0.6) is 5.75 Å². The Bertz CT molecular complexity index is 1450. The molecule has 0 unspecified atom stereocenters. The van der Waals surface area contributed by atoms with Crippen LogP contribution in [0.25, 0.3) is 32.8 Å². The van der Waals surface area contributed by atoms with Crippen LogP contribution in [-0.4, -0.2) is 52.1 Å². The van der Waals surface area contributed by atoms with E-state index in [1.54, 1.807) is 29.2 Å². The summed E-state index contributed by atoms with van der Waals surface area (Å²) in [6.07, 6.45) is 4.62. The van der Waals surface area contributed by atoms with Gasteiger partial charge in [0.05, 0.1) is 5.02 Å². The topological polar surface area (TPSA) is 69.6 Å². The third kappa shape index (κ3) is 3.82. The minimum atomic E-state index is -0.566. The molecule has 8 heteroatoms. The number of hydrogen-bond acceptors (Lipinski definition) is 5. The van der Waals surface area contributed by atoms with Crippen molar-refractivity contribution in [3.63, 3.8) is 0 Å². The molecule has 1 amide bonds. The lowest BCUT2D eigenvalue weighted by Gasteiger charge is -2.35. The van der Waals surface area contributed by atoms with Crippen molar-refractivity contribution in [1.82, 2.24) is 14.9 Å². The maximum absolute atomic E-state index is 15.9. The molecule has 0 spiro atoms. The fraction of sp³-hybridized carbons (Fsp3) is 0.192. The molecule has 172 valence electrons. The molecule has 5 rings (SSSR count). The Hall–Kier alpha value is -3.71. The van der Waals surface area contributed by atoms with E-state index in [0.29, 0.717) is 42.9 Å². The van der Waals surface area contributed by atoms with Gasteiger partial charge in [0.1, 0.15) is 23.4 Å². The summed E-state index contributed by atoms with van der Waals surface area (Å²) < 4.78 is 15.9. The number of piperazine rings is 1. The number of fused-ring (bicyclic) bond motifs is 2. The Morgan fingerprint density at radius 3 is 2.62 bits per heavy atom. The van der Waals surface area contributed by atoms with Gasteiger partial charge in [0.15, 0.2) is 5.82 Å².